The molecule has 0 unspecified atom stereocenters. The van der Waals surface area contributed by atoms with E-state index < -0.39 is 0 Å². The lowest BCUT2D eigenvalue weighted by molar-refractivity contribution is 0.589. The average Bonchev–Trinajstić information content (AvgIpc) is 2.15. The van der Waals surface area contributed by atoms with Gasteiger partial charge in [0.1, 0.15) is 0 Å². The number of halogens is 1. The average molecular weight is 230 g/mol. The van der Waals surface area contributed by atoms with E-state index in [1.165, 1.54) is 5.56 Å². The fraction of sp³-hybridized carbons (Fsp3) is 0.455. The van der Waals surface area contributed by atoms with Crippen LogP contribution in [0.4, 0.5) is 0 Å². The highest BCUT2D eigenvalue weighted by Crippen LogP contribution is 2.25. The van der Waals surface area contributed by atoms with E-state index in [0.717, 1.165) is 16.5 Å². The van der Waals surface area contributed by atoms with E-state index in [2.05, 4.69) is 31.3 Å². The second-order valence-corrected chi connectivity index (χ2v) is 4.76. The van der Waals surface area contributed by atoms with Crippen molar-refractivity contribution in [3.05, 3.63) is 28.8 Å². The van der Waals surface area contributed by atoms with Crippen LogP contribution >= 0.6 is 23.4 Å². The third kappa shape index (κ3) is 3.52. The number of nitrogens with one attached hydrogen (secondary N) is 1. The van der Waals surface area contributed by atoms with Gasteiger partial charge >= 0.3 is 0 Å². The Morgan fingerprint density at radius 3 is 2.64 bits per heavy atom. The molecule has 0 saturated heterocycles. The van der Waals surface area contributed by atoms with E-state index in [1.807, 2.05) is 12.3 Å². The summed E-state index contributed by atoms with van der Waals surface area (Å²) >= 11 is 7.77. The molecule has 1 nitrogen and oxygen atoms in total. The maximum Gasteiger partial charge on any atom is 0.0544 e. The largest absolute Gasteiger partial charge is 0.310 e. The van der Waals surface area contributed by atoms with Crippen LogP contribution in [0.5, 0.6) is 0 Å². The molecule has 0 aliphatic carbocycles. The molecule has 14 heavy (non-hydrogen) atoms. The molecule has 3 heteroatoms. The Hall–Kier alpha value is -0.180. The van der Waals surface area contributed by atoms with Gasteiger partial charge in [-0.1, -0.05) is 31.5 Å². The molecular formula is C11H16ClNS. The van der Waals surface area contributed by atoms with Crippen molar-refractivity contribution in [1.29, 1.82) is 0 Å². The minimum Gasteiger partial charge on any atom is -0.310 e. The lowest BCUT2D eigenvalue weighted by atomic mass is 10.2. The highest BCUT2D eigenvalue weighted by molar-refractivity contribution is 7.98. The Morgan fingerprint density at radius 2 is 2.14 bits per heavy atom. The van der Waals surface area contributed by atoms with Gasteiger partial charge in [-0.15, -0.1) is 11.8 Å². The van der Waals surface area contributed by atoms with Crippen LogP contribution in [0.2, 0.25) is 5.02 Å². The van der Waals surface area contributed by atoms with E-state index >= 15 is 0 Å². The van der Waals surface area contributed by atoms with Crippen molar-refractivity contribution >= 4 is 23.4 Å². The van der Waals surface area contributed by atoms with Crippen LogP contribution in [0.1, 0.15) is 19.4 Å². The van der Waals surface area contributed by atoms with E-state index in [1.54, 1.807) is 11.8 Å². The molecule has 0 radical (unpaired) electrons. The Labute approximate surface area is 95.2 Å². The van der Waals surface area contributed by atoms with Crippen LogP contribution in [0, 0.1) is 0 Å². The number of hydrogen-bond acceptors (Lipinski definition) is 2. The molecule has 0 aromatic heterocycles. The first-order valence-corrected chi connectivity index (χ1v) is 6.29. The minimum absolute atomic E-state index is 0.508. The molecular weight excluding hydrogens is 214 g/mol. The van der Waals surface area contributed by atoms with E-state index in [9.17, 15) is 0 Å². The number of rotatable bonds is 4. The summed E-state index contributed by atoms with van der Waals surface area (Å²) < 4.78 is 0. The predicted molar refractivity (Wildman–Crippen MR) is 65.2 cm³/mol. The van der Waals surface area contributed by atoms with Crippen LogP contribution in [-0.2, 0) is 6.54 Å². The highest BCUT2D eigenvalue weighted by atomic mass is 35.5. The van der Waals surface area contributed by atoms with Crippen molar-refractivity contribution in [2.45, 2.75) is 31.3 Å². The maximum atomic E-state index is 6.10. The molecule has 0 heterocycles. The van der Waals surface area contributed by atoms with Crippen LogP contribution in [0.25, 0.3) is 0 Å². The number of benzene rings is 1. The van der Waals surface area contributed by atoms with Gasteiger partial charge in [-0.25, -0.2) is 0 Å². The van der Waals surface area contributed by atoms with Gasteiger partial charge < -0.3 is 5.32 Å². The number of hydrogen-bond donors (Lipinski definition) is 1. The Morgan fingerprint density at radius 1 is 1.43 bits per heavy atom. The summed E-state index contributed by atoms with van der Waals surface area (Å²) in [6, 6.07) is 6.73. The first-order valence-electron chi connectivity index (χ1n) is 4.69. The van der Waals surface area contributed by atoms with Crippen molar-refractivity contribution in [1.82, 2.24) is 5.32 Å². The van der Waals surface area contributed by atoms with Crippen molar-refractivity contribution in [3.8, 4) is 0 Å². The third-order valence-corrected chi connectivity index (χ3v) is 3.15. The van der Waals surface area contributed by atoms with Crippen LogP contribution in [0.3, 0.4) is 0 Å². The zero-order valence-electron chi connectivity index (χ0n) is 8.80. The van der Waals surface area contributed by atoms with Crippen molar-refractivity contribution in [2.24, 2.45) is 0 Å². The first-order chi connectivity index (χ1) is 6.63. The van der Waals surface area contributed by atoms with Gasteiger partial charge in [0, 0.05) is 17.5 Å². The fourth-order valence-electron chi connectivity index (χ4n) is 1.14. The normalized spacial score (nSPS) is 10.9. The third-order valence-electron chi connectivity index (χ3n) is 1.93. The van der Waals surface area contributed by atoms with Gasteiger partial charge in [0.05, 0.1) is 5.02 Å². The molecule has 1 aromatic carbocycles. The number of thioether (sulfide) groups is 1. The lowest BCUT2D eigenvalue weighted by Crippen LogP contribution is -2.21. The molecule has 78 valence electrons. The van der Waals surface area contributed by atoms with E-state index in [4.69, 9.17) is 11.6 Å². The summed E-state index contributed by atoms with van der Waals surface area (Å²) in [5.41, 5.74) is 1.24. The predicted octanol–water partition coefficient (Wildman–Crippen LogP) is 3.56. The molecule has 0 saturated carbocycles. The zero-order valence-corrected chi connectivity index (χ0v) is 10.4. The summed E-state index contributed by atoms with van der Waals surface area (Å²) in [5, 5.41) is 4.21. The molecule has 0 spiro atoms. The van der Waals surface area contributed by atoms with Gasteiger partial charge in [-0.3, -0.25) is 0 Å². The highest BCUT2D eigenvalue weighted by Gasteiger charge is 2.01. The van der Waals surface area contributed by atoms with Crippen molar-refractivity contribution in [2.75, 3.05) is 6.26 Å². The Balaban J connectivity index is 2.66. The molecule has 0 fully saturated rings. The fourth-order valence-corrected chi connectivity index (χ4v) is 2.03. The monoisotopic (exact) mass is 229 g/mol. The summed E-state index contributed by atoms with van der Waals surface area (Å²) in [6.07, 6.45) is 2.03. The van der Waals surface area contributed by atoms with Crippen LogP contribution in [-0.4, -0.2) is 12.3 Å². The molecule has 1 N–H and O–H groups in total. The summed E-state index contributed by atoms with van der Waals surface area (Å²) in [5.74, 6) is 0. The molecule has 1 aromatic rings. The van der Waals surface area contributed by atoms with Crippen molar-refractivity contribution in [3.63, 3.8) is 0 Å². The lowest BCUT2D eigenvalue weighted by Gasteiger charge is -2.09. The molecule has 0 amide bonds. The topological polar surface area (TPSA) is 12.0 Å². The van der Waals surface area contributed by atoms with Crippen molar-refractivity contribution < 1.29 is 0 Å². The molecule has 0 bridgehead atoms. The smallest absolute Gasteiger partial charge is 0.0544 e. The Bertz CT molecular complexity index is 299. The van der Waals surface area contributed by atoms with E-state index in [0.29, 0.717) is 6.04 Å². The van der Waals surface area contributed by atoms with Gasteiger partial charge in [0.2, 0.25) is 0 Å². The second-order valence-electron chi connectivity index (χ2n) is 3.50. The molecule has 1 rings (SSSR count). The van der Waals surface area contributed by atoms with Gasteiger partial charge in [0.15, 0.2) is 0 Å². The maximum absolute atomic E-state index is 6.10. The summed E-state index contributed by atoms with van der Waals surface area (Å²) in [7, 11) is 0. The molecule has 0 aliphatic rings. The van der Waals surface area contributed by atoms with Crippen LogP contribution < -0.4 is 5.32 Å². The standard InChI is InChI=1S/C11H16ClNS/c1-8(2)13-7-9-4-5-11(14-3)10(12)6-9/h4-6,8,13H,7H2,1-3H3. The van der Waals surface area contributed by atoms with Crippen LogP contribution in [0.15, 0.2) is 23.1 Å². The second kappa shape index (κ2) is 5.64. The molecule has 0 atom stereocenters. The Kier molecular flexibility index (Phi) is 4.79. The SMILES string of the molecule is CSc1ccc(CNC(C)C)cc1Cl. The molecule has 0 aliphatic heterocycles. The van der Waals surface area contributed by atoms with E-state index in [-0.39, 0.29) is 0 Å². The minimum atomic E-state index is 0.508. The zero-order chi connectivity index (χ0) is 10.6. The summed E-state index contributed by atoms with van der Waals surface area (Å²) in [4.78, 5) is 1.14. The van der Waals surface area contributed by atoms with Gasteiger partial charge in [-0.05, 0) is 24.0 Å². The summed E-state index contributed by atoms with van der Waals surface area (Å²) in [6.45, 7) is 5.15. The first kappa shape index (κ1) is 11.9. The quantitative estimate of drug-likeness (QED) is 0.793. The van der Waals surface area contributed by atoms with Gasteiger partial charge in [0.25, 0.3) is 0 Å². The van der Waals surface area contributed by atoms with Gasteiger partial charge in [-0.2, -0.15) is 0 Å².